The molecule has 2 heteroatoms. The summed E-state index contributed by atoms with van der Waals surface area (Å²) < 4.78 is 0. The summed E-state index contributed by atoms with van der Waals surface area (Å²) in [6, 6.07) is 17.6. The van der Waals surface area contributed by atoms with Crippen LogP contribution in [0.4, 0.5) is 0 Å². The van der Waals surface area contributed by atoms with E-state index in [9.17, 15) is 0 Å². The average molecular weight is 269 g/mol. The summed E-state index contributed by atoms with van der Waals surface area (Å²) in [6.07, 6.45) is 1.24. The molecular weight excluding hydrogens is 250 g/mol. The molecule has 2 aromatic carbocycles. The van der Waals surface area contributed by atoms with Crippen LogP contribution in [-0.4, -0.2) is 5.75 Å². The van der Waals surface area contributed by atoms with Crippen molar-refractivity contribution >= 4 is 11.8 Å². The van der Waals surface area contributed by atoms with Crippen molar-refractivity contribution in [3.63, 3.8) is 0 Å². The number of fused-ring (bicyclic) bond motifs is 1. The minimum absolute atomic E-state index is 0.123. The molecule has 0 radical (unpaired) electrons. The Kier molecular flexibility index (Phi) is 3.63. The third-order valence-corrected chi connectivity index (χ3v) is 4.99. The second kappa shape index (κ2) is 5.40. The molecule has 0 heterocycles. The summed E-state index contributed by atoms with van der Waals surface area (Å²) in [4.78, 5) is 1.34. The van der Waals surface area contributed by atoms with Crippen LogP contribution in [0.2, 0.25) is 0 Å². The lowest BCUT2D eigenvalue weighted by atomic mass is 9.79. The van der Waals surface area contributed by atoms with Crippen molar-refractivity contribution in [2.45, 2.75) is 30.2 Å². The first kappa shape index (κ1) is 12.8. The molecule has 1 nitrogen and oxygen atoms in total. The van der Waals surface area contributed by atoms with Gasteiger partial charge in [0.05, 0.1) is 0 Å². The molecule has 3 rings (SSSR count). The number of thioether (sulfide) groups is 1. The maximum atomic E-state index is 5.86. The number of rotatable bonds is 4. The van der Waals surface area contributed by atoms with Gasteiger partial charge in [-0.3, -0.25) is 0 Å². The maximum Gasteiger partial charge on any atom is 0.0266 e. The standard InChI is InChI=1S/C17H19NS/c1-12(18)13-6-8-16(9-7-13)19-11-15-10-14-4-2-3-5-17(14)15/h2-9,12,15H,10-11,18H2,1H3. The Morgan fingerprint density at radius 1 is 1.16 bits per heavy atom. The largest absolute Gasteiger partial charge is 0.324 e. The van der Waals surface area contributed by atoms with E-state index in [0.717, 1.165) is 5.92 Å². The van der Waals surface area contributed by atoms with Gasteiger partial charge in [-0.05, 0) is 48.1 Å². The molecule has 2 N–H and O–H groups in total. The molecular formula is C17H19NS. The lowest BCUT2D eigenvalue weighted by Crippen LogP contribution is -2.18. The van der Waals surface area contributed by atoms with E-state index < -0.39 is 0 Å². The van der Waals surface area contributed by atoms with Gasteiger partial charge in [0, 0.05) is 16.7 Å². The molecule has 2 unspecified atom stereocenters. The molecule has 0 saturated heterocycles. The Bertz CT molecular complexity index is 560. The van der Waals surface area contributed by atoms with Gasteiger partial charge in [0.15, 0.2) is 0 Å². The predicted molar refractivity (Wildman–Crippen MR) is 82.7 cm³/mol. The lowest BCUT2D eigenvalue weighted by molar-refractivity contribution is 0.677. The first-order chi connectivity index (χ1) is 9.24. The van der Waals surface area contributed by atoms with E-state index in [2.05, 4.69) is 48.5 Å². The summed E-state index contributed by atoms with van der Waals surface area (Å²) in [7, 11) is 0. The Balaban J connectivity index is 1.59. The lowest BCUT2D eigenvalue weighted by Gasteiger charge is -2.29. The molecule has 0 spiro atoms. The molecule has 1 aliphatic carbocycles. The molecule has 0 bridgehead atoms. The number of hydrogen-bond acceptors (Lipinski definition) is 2. The highest BCUT2D eigenvalue weighted by atomic mass is 32.2. The molecule has 0 amide bonds. The van der Waals surface area contributed by atoms with Crippen molar-refractivity contribution in [2.24, 2.45) is 5.73 Å². The van der Waals surface area contributed by atoms with Crippen LogP contribution in [0.1, 0.15) is 35.6 Å². The van der Waals surface area contributed by atoms with E-state index in [0.29, 0.717) is 0 Å². The van der Waals surface area contributed by atoms with E-state index >= 15 is 0 Å². The van der Waals surface area contributed by atoms with Crippen LogP contribution in [0.25, 0.3) is 0 Å². The van der Waals surface area contributed by atoms with Crippen molar-refractivity contribution in [2.75, 3.05) is 5.75 Å². The molecule has 0 fully saturated rings. The zero-order chi connectivity index (χ0) is 13.2. The van der Waals surface area contributed by atoms with Gasteiger partial charge in [-0.2, -0.15) is 0 Å². The van der Waals surface area contributed by atoms with E-state index in [1.165, 1.54) is 28.2 Å². The van der Waals surface area contributed by atoms with Gasteiger partial charge in [-0.25, -0.2) is 0 Å². The molecule has 2 atom stereocenters. The normalized spacial score (nSPS) is 18.5. The van der Waals surface area contributed by atoms with Crippen LogP contribution >= 0.6 is 11.8 Å². The van der Waals surface area contributed by atoms with E-state index in [4.69, 9.17) is 5.73 Å². The smallest absolute Gasteiger partial charge is 0.0266 e. The Morgan fingerprint density at radius 2 is 1.89 bits per heavy atom. The molecule has 1 aliphatic rings. The first-order valence-electron chi connectivity index (χ1n) is 6.80. The quantitative estimate of drug-likeness (QED) is 0.844. The summed E-state index contributed by atoms with van der Waals surface area (Å²) >= 11 is 1.95. The molecule has 98 valence electrons. The van der Waals surface area contributed by atoms with Crippen molar-refractivity contribution in [1.82, 2.24) is 0 Å². The number of benzene rings is 2. The summed E-state index contributed by atoms with van der Waals surface area (Å²) in [5.41, 5.74) is 10.1. The van der Waals surface area contributed by atoms with Crippen LogP contribution in [0.3, 0.4) is 0 Å². The van der Waals surface area contributed by atoms with E-state index in [1.54, 1.807) is 5.56 Å². The molecule has 19 heavy (non-hydrogen) atoms. The molecule has 0 aromatic heterocycles. The van der Waals surface area contributed by atoms with E-state index in [1.807, 2.05) is 18.7 Å². The predicted octanol–water partition coefficient (Wildman–Crippen LogP) is 4.14. The third kappa shape index (κ3) is 2.70. The van der Waals surface area contributed by atoms with Crippen LogP contribution in [0.5, 0.6) is 0 Å². The highest BCUT2D eigenvalue weighted by molar-refractivity contribution is 7.99. The Labute approximate surface area is 119 Å². The minimum atomic E-state index is 0.123. The van der Waals surface area contributed by atoms with Gasteiger partial charge in [-0.15, -0.1) is 11.8 Å². The van der Waals surface area contributed by atoms with Crippen LogP contribution < -0.4 is 5.73 Å². The maximum absolute atomic E-state index is 5.86. The molecule has 2 aromatic rings. The van der Waals surface area contributed by atoms with Crippen molar-refractivity contribution < 1.29 is 0 Å². The van der Waals surface area contributed by atoms with Gasteiger partial charge in [0.25, 0.3) is 0 Å². The van der Waals surface area contributed by atoms with E-state index in [-0.39, 0.29) is 6.04 Å². The van der Waals surface area contributed by atoms with Crippen LogP contribution in [-0.2, 0) is 6.42 Å². The Hall–Kier alpha value is -1.25. The van der Waals surface area contributed by atoms with Gasteiger partial charge >= 0.3 is 0 Å². The monoisotopic (exact) mass is 269 g/mol. The van der Waals surface area contributed by atoms with Crippen LogP contribution in [0.15, 0.2) is 53.4 Å². The zero-order valence-corrected chi connectivity index (χ0v) is 12.0. The minimum Gasteiger partial charge on any atom is -0.324 e. The fraction of sp³-hybridized carbons (Fsp3) is 0.294. The average Bonchev–Trinajstić information content (AvgIpc) is 2.40. The zero-order valence-electron chi connectivity index (χ0n) is 11.2. The summed E-state index contributed by atoms with van der Waals surface area (Å²) in [6.45, 7) is 2.02. The molecule has 0 saturated carbocycles. The van der Waals surface area contributed by atoms with Gasteiger partial charge in [0.1, 0.15) is 0 Å². The third-order valence-electron chi connectivity index (χ3n) is 3.82. The fourth-order valence-electron chi connectivity index (χ4n) is 2.58. The Morgan fingerprint density at radius 3 is 2.58 bits per heavy atom. The van der Waals surface area contributed by atoms with Crippen molar-refractivity contribution in [3.05, 3.63) is 65.2 Å². The highest BCUT2D eigenvalue weighted by Crippen LogP contribution is 2.38. The molecule has 0 aliphatic heterocycles. The van der Waals surface area contributed by atoms with Crippen LogP contribution in [0, 0.1) is 0 Å². The topological polar surface area (TPSA) is 26.0 Å². The van der Waals surface area contributed by atoms with Gasteiger partial charge in [0.2, 0.25) is 0 Å². The SMILES string of the molecule is CC(N)c1ccc(SCC2Cc3ccccc32)cc1. The van der Waals surface area contributed by atoms with Crippen molar-refractivity contribution in [1.29, 1.82) is 0 Å². The summed E-state index contributed by atoms with van der Waals surface area (Å²) in [5, 5.41) is 0. The second-order valence-corrected chi connectivity index (χ2v) is 6.36. The fourth-order valence-corrected chi connectivity index (χ4v) is 3.60. The number of nitrogens with two attached hydrogens (primary N) is 1. The first-order valence-corrected chi connectivity index (χ1v) is 7.79. The second-order valence-electron chi connectivity index (χ2n) is 5.27. The number of hydrogen-bond donors (Lipinski definition) is 1. The van der Waals surface area contributed by atoms with Gasteiger partial charge in [-0.1, -0.05) is 36.4 Å². The summed E-state index contributed by atoms with van der Waals surface area (Å²) in [5.74, 6) is 1.91. The highest BCUT2D eigenvalue weighted by Gasteiger charge is 2.24. The van der Waals surface area contributed by atoms with Gasteiger partial charge < -0.3 is 5.73 Å². The van der Waals surface area contributed by atoms with Crippen molar-refractivity contribution in [3.8, 4) is 0 Å².